The first-order valence-corrected chi connectivity index (χ1v) is 8.26. The number of aromatic nitrogens is 2. The number of imidazole rings is 1. The molecule has 0 saturated carbocycles. The van der Waals surface area contributed by atoms with E-state index in [4.69, 9.17) is 4.74 Å². The Morgan fingerprint density at radius 1 is 1.33 bits per heavy atom. The summed E-state index contributed by atoms with van der Waals surface area (Å²) in [5, 5.41) is 0. The van der Waals surface area contributed by atoms with Crippen molar-refractivity contribution >= 4 is 5.91 Å². The lowest BCUT2D eigenvalue weighted by Gasteiger charge is -2.39. The molecule has 0 radical (unpaired) electrons. The molecule has 1 amide bonds. The molecule has 0 spiro atoms. The van der Waals surface area contributed by atoms with Gasteiger partial charge in [0.05, 0.1) is 5.92 Å². The fourth-order valence-electron chi connectivity index (χ4n) is 2.93. The number of ether oxygens (including phenoxy) is 1. The van der Waals surface area contributed by atoms with Gasteiger partial charge in [-0.15, -0.1) is 0 Å². The third kappa shape index (κ3) is 3.42. The molecule has 5 nitrogen and oxygen atoms in total. The smallest absolute Gasteiger partial charge is 0.260 e. The Bertz CT molecular complexity index is 706. The third-order valence-electron chi connectivity index (χ3n) is 4.31. The lowest BCUT2D eigenvalue weighted by atomic mass is 9.99. The van der Waals surface area contributed by atoms with E-state index in [1.54, 1.807) is 4.90 Å². The first-order chi connectivity index (χ1) is 11.6. The van der Waals surface area contributed by atoms with Crippen LogP contribution in [0.2, 0.25) is 0 Å². The molecule has 2 aromatic rings. The summed E-state index contributed by atoms with van der Waals surface area (Å²) in [7, 11) is 0. The average Bonchev–Trinajstić information content (AvgIpc) is 2.87. The molecule has 1 aliphatic heterocycles. The minimum Gasteiger partial charge on any atom is -0.484 e. The second kappa shape index (κ2) is 7.03. The van der Waals surface area contributed by atoms with Crippen molar-refractivity contribution in [1.82, 2.24) is 14.5 Å². The van der Waals surface area contributed by atoms with Crippen LogP contribution in [0.4, 0.5) is 4.39 Å². The molecule has 0 unspecified atom stereocenters. The van der Waals surface area contributed by atoms with Gasteiger partial charge in [0.2, 0.25) is 0 Å². The second-order valence-electron chi connectivity index (χ2n) is 6.15. The number of benzene rings is 1. The fraction of sp³-hybridized carbons (Fsp3) is 0.444. The molecule has 3 rings (SSSR count). The predicted octanol–water partition coefficient (Wildman–Crippen LogP) is 2.75. The molecule has 1 aliphatic rings. The maximum Gasteiger partial charge on any atom is 0.260 e. The van der Waals surface area contributed by atoms with Crippen LogP contribution in [-0.2, 0) is 11.3 Å². The van der Waals surface area contributed by atoms with Crippen molar-refractivity contribution in [1.29, 1.82) is 0 Å². The number of amides is 1. The lowest BCUT2D eigenvalue weighted by molar-refractivity contribution is -0.138. The number of carbonyl (C=O) groups excluding carboxylic acids is 1. The highest BCUT2D eigenvalue weighted by molar-refractivity contribution is 5.78. The van der Waals surface area contributed by atoms with Gasteiger partial charge in [0.1, 0.15) is 17.4 Å². The summed E-state index contributed by atoms with van der Waals surface area (Å²) < 4.78 is 20.5. The molecule has 0 bridgehead atoms. The van der Waals surface area contributed by atoms with Crippen LogP contribution in [-0.4, -0.2) is 40.1 Å². The molecule has 2 heterocycles. The molecular weight excluding hydrogens is 309 g/mol. The van der Waals surface area contributed by atoms with Crippen molar-refractivity contribution in [3.05, 3.63) is 47.8 Å². The number of hydrogen-bond acceptors (Lipinski definition) is 3. The third-order valence-corrected chi connectivity index (χ3v) is 4.31. The highest BCUT2D eigenvalue weighted by Crippen LogP contribution is 2.27. The standard InChI is InChI=1S/C18H22FN3O2/c1-3-8-22-13(2)9-20-18(22)14-10-21(11-14)17(23)12-24-16-6-4-15(19)5-7-16/h4-7,9,14H,3,8,10-12H2,1-2H3. The van der Waals surface area contributed by atoms with Gasteiger partial charge in [-0.1, -0.05) is 6.92 Å². The Labute approximate surface area is 141 Å². The Balaban J connectivity index is 1.51. The molecular formula is C18H22FN3O2. The zero-order valence-electron chi connectivity index (χ0n) is 14.0. The monoisotopic (exact) mass is 331 g/mol. The van der Waals surface area contributed by atoms with E-state index in [1.165, 1.54) is 24.3 Å². The first kappa shape index (κ1) is 16.5. The van der Waals surface area contributed by atoms with Gasteiger partial charge in [-0.3, -0.25) is 4.79 Å². The lowest BCUT2D eigenvalue weighted by Crippen LogP contribution is -2.50. The van der Waals surface area contributed by atoms with Crippen molar-refractivity contribution in [2.45, 2.75) is 32.7 Å². The minimum atomic E-state index is -0.322. The fourth-order valence-corrected chi connectivity index (χ4v) is 2.93. The van der Waals surface area contributed by atoms with Crippen LogP contribution >= 0.6 is 0 Å². The second-order valence-corrected chi connectivity index (χ2v) is 6.15. The van der Waals surface area contributed by atoms with E-state index < -0.39 is 0 Å². The summed E-state index contributed by atoms with van der Waals surface area (Å²) in [5.41, 5.74) is 1.16. The van der Waals surface area contributed by atoms with Crippen molar-refractivity contribution < 1.29 is 13.9 Å². The summed E-state index contributed by atoms with van der Waals surface area (Å²) >= 11 is 0. The number of nitrogens with zero attached hydrogens (tertiary/aromatic N) is 3. The molecule has 1 saturated heterocycles. The van der Waals surface area contributed by atoms with Gasteiger partial charge in [0.25, 0.3) is 5.91 Å². The number of hydrogen-bond donors (Lipinski definition) is 0. The molecule has 1 fully saturated rings. The zero-order valence-corrected chi connectivity index (χ0v) is 14.0. The maximum atomic E-state index is 12.8. The molecule has 0 atom stereocenters. The van der Waals surface area contributed by atoms with Crippen LogP contribution in [0, 0.1) is 12.7 Å². The zero-order chi connectivity index (χ0) is 17.1. The van der Waals surface area contributed by atoms with E-state index in [0.717, 1.165) is 24.5 Å². The SMILES string of the molecule is CCCn1c(C)cnc1C1CN(C(=O)COc2ccc(F)cc2)C1. The summed E-state index contributed by atoms with van der Waals surface area (Å²) in [4.78, 5) is 18.4. The molecule has 0 N–H and O–H groups in total. The molecule has 128 valence electrons. The van der Waals surface area contributed by atoms with E-state index in [0.29, 0.717) is 24.8 Å². The van der Waals surface area contributed by atoms with Crippen molar-refractivity contribution in [2.24, 2.45) is 0 Å². The Hall–Kier alpha value is -2.37. The van der Waals surface area contributed by atoms with Gasteiger partial charge in [0, 0.05) is 31.5 Å². The number of likely N-dealkylation sites (tertiary alicyclic amines) is 1. The summed E-state index contributed by atoms with van der Waals surface area (Å²) in [5.74, 6) is 1.48. The summed E-state index contributed by atoms with van der Waals surface area (Å²) in [6.07, 6.45) is 2.96. The van der Waals surface area contributed by atoms with Crippen molar-refractivity contribution in [2.75, 3.05) is 19.7 Å². The van der Waals surface area contributed by atoms with E-state index in [1.807, 2.05) is 6.20 Å². The number of aryl methyl sites for hydroxylation is 1. The predicted molar refractivity (Wildman–Crippen MR) is 88.5 cm³/mol. The van der Waals surface area contributed by atoms with Gasteiger partial charge < -0.3 is 14.2 Å². The van der Waals surface area contributed by atoms with E-state index in [9.17, 15) is 9.18 Å². The highest BCUT2D eigenvalue weighted by atomic mass is 19.1. The highest BCUT2D eigenvalue weighted by Gasteiger charge is 2.34. The van der Waals surface area contributed by atoms with Crippen LogP contribution in [0.5, 0.6) is 5.75 Å². The minimum absolute atomic E-state index is 0.0270. The van der Waals surface area contributed by atoms with Crippen LogP contribution in [0.3, 0.4) is 0 Å². The maximum absolute atomic E-state index is 12.8. The van der Waals surface area contributed by atoms with Gasteiger partial charge in [0.15, 0.2) is 6.61 Å². The van der Waals surface area contributed by atoms with Crippen LogP contribution in [0.1, 0.15) is 30.8 Å². The van der Waals surface area contributed by atoms with Crippen LogP contribution in [0.25, 0.3) is 0 Å². The quantitative estimate of drug-likeness (QED) is 0.818. The number of rotatable bonds is 6. The molecule has 6 heteroatoms. The Morgan fingerprint density at radius 3 is 2.71 bits per heavy atom. The number of halogens is 1. The van der Waals surface area contributed by atoms with Gasteiger partial charge in [-0.25, -0.2) is 9.37 Å². The Morgan fingerprint density at radius 2 is 2.04 bits per heavy atom. The normalized spacial score (nSPS) is 14.5. The van der Waals surface area contributed by atoms with Crippen molar-refractivity contribution in [3.63, 3.8) is 0 Å². The van der Waals surface area contributed by atoms with E-state index in [-0.39, 0.29) is 18.3 Å². The molecule has 0 aliphatic carbocycles. The molecule has 1 aromatic carbocycles. The summed E-state index contributed by atoms with van der Waals surface area (Å²) in [6, 6.07) is 5.67. The topological polar surface area (TPSA) is 47.4 Å². The Kier molecular flexibility index (Phi) is 4.83. The van der Waals surface area contributed by atoms with E-state index >= 15 is 0 Å². The van der Waals surface area contributed by atoms with Gasteiger partial charge in [-0.2, -0.15) is 0 Å². The van der Waals surface area contributed by atoms with Gasteiger partial charge >= 0.3 is 0 Å². The number of carbonyl (C=O) groups is 1. The van der Waals surface area contributed by atoms with Gasteiger partial charge in [-0.05, 0) is 37.6 Å². The van der Waals surface area contributed by atoms with Crippen molar-refractivity contribution in [3.8, 4) is 5.75 Å². The first-order valence-electron chi connectivity index (χ1n) is 8.26. The van der Waals surface area contributed by atoms with Crippen LogP contribution in [0.15, 0.2) is 30.5 Å². The molecule has 24 heavy (non-hydrogen) atoms. The average molecular weight is 331 g/mol. The largest absolute Gasteiger partial charge is 0.484 e. The summed E-state index contributed by atoms with van der Waals surface area (Å²) in [6.45, 7) is 6.48. The van der Waals surface area contributed by atoms with Crippen LogP contribution < -0.4 is 4.74 Å². The molecule has 1 aromatic heterocycles. The van der Waals surface area contributed by atoms with E-state index in [2.05, 4.69) is 23.4 Å².